The molecule has 9 heteroatoms. The summed E-state index contributed by atoms with van der Waals surface area (Å²) >= 11 is 5.95. The third-order valence-electron chi connectivity index (χ3n) is 4.82. The van der Waals surface area contributed by atoms with Crippen molar-refractivity contribution in [3.05, 3.63) is 76.5 Å². The summed E-state index contributed by atoms with van der Waals surface area (Å²) < 4.78 is 1.71. The number of allylic oxidation sites excluding steroid dienone is 1. The number of carbonyl (C=O) groups excluding carboxylic acids is 1. The van der Waals surface area contributed by atoms with E-state index in [0.29, 0.717) is 46.6 Å². The van der Waals surface area contributed by atoms with Crippen molar-refractivity contribution < 1.29 is 9.90 Å². The molecule has 1 aliphatic heterocycles. The minimum atomic E-state index is -0.466. The molecule has 2 aromatic heterocycles. The molecule has 0 spiro atoms. The van der Waals surface area contributed by atoms with E-state index in [-0.39, 0.29) is 12.5 Å². The van der Waals surface area contributed by atoms with Gasteiger partial charge in [-0.05, 0) is 55.3 Å². The van der Waals surface area contributed by atoms with Crippen molar-refractivity contribution >= 4 is 29.1 Å². The average molecular weight is 425 g/mol. The second-order valence-electron chi connectivity index (χ2n) is 6.93. The van der Waals surface area contributed by atoms with Gasteiger partial charge in [-0.25, -0.2) is 4.68 Å². The molecule has 0 fully saturated rings. The van der Waals surface area contributed by atoms with Crippen LogP contribution in [0.4, 0.5) is 11.6 Å². The van der Waals surface area contributed by atoms with Gasteiger partial charge in [-0.3, -0.25) is 9.78 Å². The lowest BCUT2D eigenvalue weighted by atomic mass is 9.96. The topological polar surface area (TPSA) is 105 Å². The minimum Gasteiger partial charge on any atom is -0.396 e. The number of aliphatic hydroxyl groups excluding tert-OH is 1. The van der Waals surface area contributed by atoms with Gasteiger partial charge in [-0.2, -0.15) is 10.1 Å². The van der Waals surface area contributed by atoms with Crippen molar-refractivity contribution in [3.63, 3.8) is 0 Å². The standard InChI is InChI=1S/C21H21ClN6O2/c1-13-18(20(30)25-16-6-4-15(22)5-7-16)19(14-8-10-23-11-9-14)28-21(24-13)26-17(27-28)3-2-12-29/h4-11,19,29H,2-3,12H2,1H3,(H,25,30)(H,24,26,27)/t19-/m1/s1. The van der Waals surface area contributed by atoms with Crippen LogP contribution in [-0.2, 0) is 11.2 Å². The van der Waals surface area contributed by atoms with Gasteiger partial charge in [0.25, 0.3) is 5.91 Å². The molecule has 1 aliphatic rings. The number of aryl methyl sites for hydroxylation is 1. The van der Waals surface area contributed by atoms with Gasteiger partial charge in [0.2, 0.25) is 5.95 Å². The number of amides is 1. The second kappa shape index (κ2) is 8.64. The Bertz CT molecular complexity index is 1080. The van der Waals surface area contributed by atoms with E-state index in [2.05, 4.69) is 25.7 Å². The molecule has 30 heavy (non-hydrogen) atoms. The summed E-state index contributed by atoms with van der Waals surface area (Å²) in [5.74, 6) is 0.922. The first kappa shape index (κ1) is 20.1. The van der Waals surface area contributed by atoms with Gasteiger partial charge in [-0.1, -0.05) is 11.6 Å². The molecule has 3 aromatic rings. The number of fused-ring (bicyclic) bond motifs is 1. The molecule has 1 amide bonds. The number of halogens is 1. The Labute approximate surface area is 178 Å². The zero-order valence-corrected chi connectivity index (χ0v) is 17.1. The zero-order valence-electron chi connectivity index (χ0n) is 16.3. The van der Waals surface area contributed by atoms with Crippen LogP contribution < -0.4 is 10.6 Å². The summed E-state index contributed by atoms with van der Waals surface area (Å²) in [5, 5.41) is 20.5. The monoisotopic (exact) mass is 424 g/mol. The van der Waals surface area contributed by atoms with Crippen LogP contribution in [0.1, 0.15) is 30.8 Å². The Balaban J connectivity index is 1.73. The van der Waals surface area contributed by atoms with Gasteiger partial charge >= 0.3 is 0 Å². The van der Waals surface area contributed by atoms with Crippen LogP contribution in [0.5, 0.6) is 0 Å². The van der Waals surface area contributed by atoms with Crippen LogP contribution in [-0.4, -0.2) is 37.4 Å². The second-order valence-corrected chi connectivity index (χ2v) is 7.37. The molecule has 3 heterocycles. The Kier molecular flexibility index (Phi) is 5.78. The van der Waals surface area contributed by atoms with Gasteiger partial charge in [0, 0.05) is 41.8 Å². The molecule has 1 atom stereocenters. The first-order chi connectivity index (χ1) is 14.6. The van der Waals surface area contributed by atoms with Crippen molar-refractivity contribution in [1.29, 1.82) is 0 Å². The molecule has 0 saturated heterocycles. The quantitative estimate of drug-likeness (QED) is 0.561. The SMILES string of the molecule is CC1=C(C(=O)Nc2ccc(Cl)cc2)[C@@H](c2ccncc2)n2nc(CCCO)nc2N1. The number of aliphatic hydroxyl groups is 1. The van der Waals surface area contributed by atoms with E-state index in [9.17, 15) is 4.79 Å². The van der Waals surface area contributed by atoms with E-state index in [1.54, 1.807) is 41.3 Å². The highest BCUT2D eigenvalue weighted by Crippen LogP contribution is 2.35. The van der Waals surface area contributed by atoms with Gasteiger partial charge in [0.15, 0.2) is 5.82 Å². The summed E-state index contributed by atoms with van der Waals surface area (Å²) in [7, 11) is 0. The maximum Gasteiger partial charge on any atom is 0.255 e. The summed E-state index contributed by atoms with van der Waals surface area (Å²) in [6.07, 6.45) is 4.49. The minimum absolute atomic E-state index is 0.0666. The lowest BCUT2D eigenvalue weighted by Crippen LogP contribution is -2.31. The number of pyridine rings is 1. The van der Waals surface area contributed by atoms with Gasteiger partial charge < -0.3 is 15.7 Å². The number of aromatic nitrogens is 4. The number of benzene rings is 1. The summed E-state index contributed by atoms with van der Waals surface area (Å²) in [6.45, 7) is 1.91. The molecule has 154 valence electrons. The Morgan fingerprint density at radius 3 is 2.67 bits per heavy atom. The number of hydrogen-bond donors (Lipinski definition) is 3. The van der Waals surface area contributed by atoms with E-state index in [4.69, 9.17) is 16.7 Å². The van der Waals surface area contributed by atoms with Crippen molar-refractivity contribution in [2.45, 2.75) is 25.8 Å². The summed E-state index contributed by atoms with van der Waals surface area (Å²) in [4.78, 5) is 21.9. The molecule has 0 radical (unpaired) electrons. The highest BCUT2D eigenvalue weighted by molar-refractivity contribution is 6.30. The van der Waals surface area contributed by atoms with Crippen molar-refractivity contribution in [3.8, 4) is 0 Å². The zero-order chi connectivity index (χ0) is 21.1. The largest absolute Gasteiger partial charge is 0.396 e. The average Bonchev–Trinajstić information content (AvgIpc) is 3.15. The number of nitrogens with zero attached hydrogens (tertiary/aromatic N) is 4. The molecule has 4 rings (SSSR count). The Morgan fingerprint density at radius 1 is 1.23 bits per heavy atom. The number of rotatable bonds is 6. The molecule has 8 nitrogen and oxygen atoms in total. The molecule has 0 bridgehead atoms. The van der Waals surface area contributed by atoms with Crippen molar-refractivity contribution in [2.24, 2.45) is 0 Å². The van der Waals surface area contributed by atoms with Gasteiger partial charge in [-0.15, -0.1) is 0 Å². The molecule has 0 saturated carbocycles. The van der Waals surface area contributed by atoms with Crippen molar-refractivity contribution in [1.82, 2.24) is 19.7 Å². The summed E-state index contributed by atoms with van der Waals surface area (Å²) in [5.41, 5.74) is 2.73. The van der Waals surface area contributed by atoms with E-state index in [1.165, 1.54) is 0 Å². The van der Waals surface area contributed by atoms with Crippen LogP contribution in [0.3, 0.4) is 0 Å². The fourth-order valence-electron chi connectivity index (χ4n) is 3.42. The van der Waals surface area contributed by atoms with Crippen LogP contribution in [0.25, 0.3) is 0 Å². The molecular formula is C21H21ClN6O2. The van der Waals surface area contributed by atoms with Crippen LogP contribution >= 0.6 is 11.6 Å². The summed E-state index contributed by atoms with van der Waals surface area (Å²) in [6, 6.07) is 10.2. The van der Waals surface area contributed by atoms with Crippen LogP contribution in [0.15, 0.2) is 60.1 Å². The molecular weight excluding hydrogens is 404 g/mol. The van der Waals surface area contributed by atoms with E-state index < -0.39 is 6.04 Å². The fourth-order valence-corrected chi connectivity index (χ4v) is 3.54. The third-order valence-corrected chi connectivity index (χ3v) is 5.08. The first-order valence-corrected chi connectivity index (χ1v) is 9.95. The number of carbonyl (C=O) groups is 1. The lowest BCUT2D eigenvalue weighted by molar-refractivity contribution is -0.113. The highest BCUT2D eigenvalue weighted by atomic mass is 35.5. The fraction of sp³-hybridized carbons (Fsp3) is 0.238. The number of nitrogens with one attached hydrogen (secondary N) is 2. The van der Waals surface area contributed by atoms with Crippen LogP contribution in [0, 0.1) is 0 Å². The maximum atomic E-state index is 13.3. The van der Waals surface area contributed by atoms with E-state index >= 15 is 0 Å². The first-order valence-electron chi connectivity index (χ1n) is 9.57. The number of hydrogen-bond acceptors (Lipinski definition) is 6. The Morgan fingerprint density at radius 2 is 1.97 bits per heavy atom. The molecule has 3 N–H and O–H groups in total. The smallest absolute Gasteiger partial charge is 0.255 e. The lowest BCUT2D eigenvalue weighted by Gasteiger charge is -2.28. The highest BCUT2D eigenvalue weighted by Gasteiger charge is 2.34. The van der Waals surface area contributed by atoms with Gasteiger partial charge in [0.1, 0.15) is 6.04 Å². The molecule has 1 aromatic carbocycles. The predicted octanol–water partition coefficient (Wildman–Crippen LogP) is 3.18. The third kappa shape index (κ3) is 4.05. The Hall–Kier alpha value is -3.23. The van der Waals surface area contributed by atoms with Crippen LogP contribution in [0.2, 0.25) is 5.02 Å². The van der Waals surface area contributed by atoms with E-state index in [1.807, 2.05) is 19.1 Å². The number of anilines is 2. The molecule has 0 unspecified atom stereocenters. The van der Waals surface area contributed by atoms with Gasteiger partial charge in [0.05, 0.1) is 5.57 Å². The predicted molar refractivity (Wildman–Crippen MR) is 114 cm³/mol. The van der Waals surface area contributed by atoms with E-state index in [0.717, 1.165) is 5.56 Å². The van der Waals surface area contributed by atoms with Crippen molar-refractivity contribution in [2.75, 3.05) is 17.2 Å². The maximum absolute atomic E-state index is 13.3. The molecule has 0 aliphatic carbocycles. The normalized spacial score (nSPS) is 15.5.